The van der Waals surface area contributed by atoms with Crippen LogP contribution in [0.2, 0.25) is 0 Å². The normalized spacial score (nSPS) is 18.5. The number of hydrogen-bond donors (Lipinski definition) is 1. The first-order valence-corrected chi connectivity index (χ1v) is 5.98. The van der Waals surface area contributed by atoms with Crippen molar-refractivity contribution in [3.8, 4) is 0 Å². The molecule has 1 aliphatic rings. The lowest BCUT2D eigenvalue weighted by Crippen LogP contribution is -2.29. The second-order valence-electron chi connectivity index (χ2n) is 4.74. The summed E-state index contributed by atoms with van der Waals surface area (Å²) >= 11 is 0. The predicted molar refractivity (Wildman–Crippen MR) is 59.0 cm³/mol. The minimum absolute atomic E-state index is 0.126. The third kappa shape index (κ3) is 4.12. The van der Waals surface area contributed by atoms with Crippen LogP contribution in [0, 0.1) is 11.8 Å². The van der Waals surface area contributed by atoms with E-state index in [1.165, 1.54) is 38.5 Å². The average Bonchev–Trinajstić information content (AvgIpc) is 2.19. The van der Waals surface area contributed by atoms with Crippen molar-refractivity contribution in [2.45, 2.75) is 52.4 Å². The summed E-state index contributed by atoms with van der Waals surface area (Å²) < 4.78 is 0. The van der Waals surface area contributed by atoms with E-state index in [1.54, 1.807) is 0 Å². The average molecular weight is 197 g/mol. The van der Waals surface area contributed by atoms with Crippen molar-refractivity contribution >= 4 is 5.91 Å². The summed E-state index contributed by atoms with van der Waals surface area (Å²) in [6.45, 7) is 4.76. The standard InChI is InChI=1S/C12H23NO/c1-10(2)12(14)13-9-8-11-6-4-3-5-7-11/h10-11H,3-9H2,1-2H3,(H,13,14). The summed E-state index contributed by atoms with van der Waals surface area (Å²) in [6.07, 6.45) is 8.12. The predicted octanol–water partition coefficient (Wildman–Crippen LogP) is 2.73. The van der Waals surface area contributed by atoms with E-state index < -0.39 is 0 Å². The summed E-state index contributed by atoms with van der Waals surface area (Å²) in [5, 5.41) is 2.99. The van der Waals surface area contributed by atoms with Gasteiger partial charge in [0.1, 0.15) is 0 Å². The van der Waals surface area contributed by atoms with Gasteiger partial charge in [0.2, 0.25) is 5.91 Å². The summed E-state index contributed by atoms with van der Waals surface area (Å²) in [5.41, 5.74) is 0. The highest BCUT2D eigenvalue weighted by Gasteiger charge is 2.13. The lowest BCUT2D eigenvalue weighted by atomic mass is 9.87. The molecule has 0 radical (unpaired) electrons. The Labute approximate surface area is 87.5 Å². The number of hydrogen-bond acceptors (Lipinski definition) is 1. The SMILES string of the molecule is CC(C)C(=O)NCCC1CCCCC1. The molecule has 0 aromatic carbocycles. The maximum absolute atomic E-state index is 11.3. The second kappa shape index (κ2) is 6.05. The fourth-order valence-corrected chi connectivity index (χ4v) is 2.08. The zero-order valence-electron chi connectivity index (χ0n) is 9.51. The monoisotopic (exact) mass is 197 g/mol. The van der Waals surface area contributed by atoms with Gasteiger partial charge in [-0.1, -0.05) is 46.0 Å². The van der Waals surface area contributed by atoms with Crippen LogP contribution in [0.15, 0.2) is 0 Å². The van der Waals surface area contributed by atoms with E-state index in [4.69, 9.17) is 0 Å². The van der Waals surface area contributed by atoms with Gasteiger partial charge in [-0.05, 0) is 12.3 Å². The quantitative estimate of drug-likeness (QED) is 0.737. The van der Waals surface area contributed by atoms with Gasteiger partial charge in [0.05, 0.1) is 0 Å². The minimum Gasteiger partial charge on any atom is -0.356 e. The minimum atomic E-state index is 0.126. The molecule has 0 aromatic heterocycles. The van der Waals surface area contributed by atoms with Crippen LogP contribution in [0.3, 0.4) is 0 Å². The Morgan fingerprint density at radius 3 is 2.50 bits per heavy atom. The molecule has 0 unspecified atom stereocenters. The van der Waals surface area contributed by atoms with Crippen LogP contribution in [0.1, 0.15) is 52.4 Å². The van der Waals surface area contributed by atoms with Crippen molar-refractivity contribution in [1.29, 1.82) is 0 Å². The molecular weight excluding hydrogens is 174 g/mol. The van der Waals surface area contributed by atoms with Crippen molar-refractivity contribution in [1.82, 2.24) is 5.32 Å². The molecule has 0 bridgehead atoms. The van der Waals surface area contributed by atoms with Crippen LogP contribution in [0.25, 0.3) is 0 Å². The summed E-state index contributed by atoms with van der Waals surface area (Å²) in [7, 11) is 0. The lowest BCUT2D eigenvalue weighted by molar-refractivity contribution is -0.124. The summed E-state index contributed by atoms with van der Waals surface area (Å²) in [4.78, 5) is 11.3. The van der Waals surface area contributed by atoms with Gasteiger partial charge in [-0.2, -0.15) is 0 Å². The van der Waals surface area contributed by atoms with Gasteiger partial charge < -0.3 is 5.32 Å². The zero-order valence-corrected chi connectivity index (χ0v) is 9.51. The number of carbonyl (C=O) groups excluding carboxylic acids is 1. The molecule has 1 N–H and O–H groups in total. The molecule has 2 nitrogen and oxygen atoms in total. The van der Waals surface area contributed by atoms with Crippen molar-refractivity contribution < 1.29 is 4.79 Å². The third-order valence-corrected chi connectivity index (χ3v) is 3.10. The van der Waals surface area contributed by atoms with Crippen LogP contribution in [-0.4, -0.2) is 12.5 Å². The lowest BCUT2D eigenvalue weighted by Gasteiger charge is -2.21. The molecular formula is C12H23NO. The van der Waals surface area contributed by atoms with Crippen LogP contribution in [0.5, 0.6) is 0 Å². The molecule has 0 aromatic rings. The second-order valence-corrected chi connectivity index (χ2v) is 4.74. The van der Waals surface area contributed by atoms with E-state index >= 15 is 0 Å². The van der Waals surface area contributed by atoms with Crippen LogP contribution >= 0.6 is 0 Å². The number of nitrogens with one attached hydrogen (secondary N) is 1. The molecule has 1 amide bonds. The topological polar surface area (TPSA) is 29.1 Å². The Hall–Kier alpha value is -0.530. The smallest absolute Gasteiger partial charge is 0.222 e. The Kier molecular flexibility index (Phi) is 4.99. The Balaban J connectivity index is 2.05. The molecule has 1 fully saturated rings. The summed E-state index contributed by atoms with van der Waals surface area (Å²) in [5.74, 6) is 1.19. The first-order valence-electron chi connectivity index (χ1n) is 5.98. The number of rotatable bonds is 4. The van der Waals surface area contributed by atoms with Gasteiger partial charge >= 0.3 is 0 Å². The fraction of sp³-hybridized carbons (Fsp3) is 0.917. The molecule has 0 heterocycles. The first-order chi connectivity index (χ1) is 6.70. The Bertz CT molecular complexity index is 171. The van der Waals surface area contributed by atoms with Gasteiger partial charge in [0.25, 0.3) is 0 Å². The van der Waals surface area contributed by atoms with Crippen molar-refractivity contribution in [3.05, 3.63) is 0 Å². The maximum Gasteiger partial charge on any atom is 0.222 e. The maximum atomic E-state index is 11.3. The largest absolute Gasteiger partial charge is 0.356 e. The molecule has 0 saturated heterocycles. The molecule has 1 aliphatic carbocycles. The highest BCUT2D eigenvalue weighted by molar-refractivity contribution is 5.77. The van der Waals surface area contributed by atoms with E-state index in [9.17, 15) is 4.79 Å². The van der Waals surface area contributed by atoms with Crippen molar-refractivity contribution in [3.63, 3.8) is 0 Å². The molecule has 0 spiro atoms. The van der Waals surface area contributed by atoms with Gasteiger partial charge in [-0.25, -0.2) is 0 Å². The van der Waals surface area contributed by atoms with Crippen LogP contribution in [0.4, 0.5) is 0 Å². The van der Waals surface area contributed by atoms with Gasteiger partial charge in [0, 0.05) is 12.5 Å². The highest BCUT2D eigenvalue weighted by atomic mass is 16.1. The van der Waals surface area contributed by atoms with Gasteiger partial charge in [0.15, 0.2) is 0 Å². The molecule has 0 atom stereocenters. The van der Waals surface area contributed by atoms with E-state index in [0.29, 0.717) is 0 Å². The van der Waals surface area contributed by atoms with Crippen LogP contribution in [-0.2, 0) is 4.79 Å². The molecule has 2 heteroatoms. The molecule has 14 heavy (non-hydrogen) atoms. The first kappa shape index (κ1) is 11.5. The molecule has 82 valence electrons. The number of carbonyl (C=O) groups is 1. The van der Waals surface area contributed by atoms with Gasteiger partial charge in [-0.3, -0.25) is 4.79 Å². The van der Waals surface area contributed by atoms with E-state index in [1.807, 2.05) is 13.8 Å². The Morgan fingerprint density at radius 1 is 1.29 bits per heavy atom. The van der Waals surface area contributed by atoms with Crippen molar-refractivity contribution in [2.75, 3.05) is 6.54 Å². The summed E-state index contributed by atoms with van der Waals surface area (Å²) in [6, 6.07) is 0. The van der Waals surface area contributed by atoms with E-state index in [-0.39, 0.29) is 11.8 Å². The molecule has 1 saturated carbocycles. The Morgan fingerprint density at radius 2 is 1.93 bits per heavy atom. The van der Waals surface area contributed by atoms with Crippen molar-refractivity contribution in [2.24, 2.45) is 11.8 Å². The van der Waals surface area contributed by atoms with E-state index in [0.717, 1.165) is 12.5 Å². The number of amides is 1. The fourth-order valence-electron chi connectivity index (χ4n) is 2.08. The van der Waals surface area contributed by atoms with E-state index in [2.05, 4.69) is 5.32 Å². The van der Waals surface area contributed by atoms with Gasteiger partial charge in [-0.15, -0.1) is 0 Å². The van der Waals surface area contributed by atoms with Crippen LogP contribution < -0.4 is 5.32 Å². The third-order valence-electron chi connectivity index (χ3n) is 3.10. The highest BCUT2D eigenvalue weighted by Crippen LogP contribution is 2.25. The molecule has 1 rings (SSSR count). The zero-order chi connectivity index (χ0) is 10.4. The molecule has 0 aliphatic heterocycles.